The van der Waals surface area contributed by atoms with Gasteiger partial charge in [-0.1, -0.05) is 29.8 Å². The van der Waals surface area contributed by atoms with Crippen molar-refractivity contribution in [2.24, 2.45) is 0 Å². The first-order valence-corrected chi connectivity index (χ1v) is 7.12. The van der Waals surface area contributed by atoms with E-state index in [1.54, 1.807) is 0 Å². The molecule has 0 radical (unpaired) electrons. The Morgan fingerprint density at radius 3 is 2.90 bits per heavy atom. The second kappa shape index (κ2) is 6.16. The van der Waals surface area contributed by atoms with Crippen molar-refractivity contribution in [3.63, 3.8) is 0 Å². The first-order valence-electron chi connectivity index (χ1n) is 6.75. The number of benzene rings is 1. The lowest BCUT2D eigenvalue weighted by Gasteiger charge is -2.09. The lowest BCUT2D eigenvalue weighted by molar-refractivity contribution is 0.298. The predicted octanol–water partition coefficient (Wildman–Crippen LogP) is 3.29. The average molecular weight is 302 g/mol. The van der Waals surface area contributed by atoms with E-state index in [0.29, 0.717) is 11.6 Å². The topological polar surface area (TPSA) is 38.6 Å². The standard InChI is InChI=1S/C16H16ClN3O/c1-18-8-12-4-2-3-5-15(12)21-11-14-10-20-9-13(17)6-7-16(20)19-14/h2-7,9-10,18H,8,11H2,1H3. The largest absolute Gasteiger partial charge is 0.487 e. The summed E-state index contributed by atoms with van der Waals surface area (Å²) in [7, 11) is 1.92. The smallest absolute Gasteiger partial charge is 0.137 e. The third-order valence-electron chi connectivity index (χ3n) is 3.18. The number of halogens is 1. The molecule has 1 aromatic carbocycles. The molecule has 108 valence electrons. The second-order valence-electron chi connectivity index (χ2n) is 4.77. The van der Waals surface area contributed by atoms with Crippen molar-refractivity contribution in [2.75, 3.05) is 7.05 Å². The molecular formula is C16H16ClN3O. The summed E-state index contributed by atoms with van der Waals surface area (Å²) in [6.45, 7) is 1.21. The Kier molecular flexibility index (Phi) is 4.08. The van der Waals surface area contributed by atoms with Gasteiger partial charge in [0.15, 0.2) is 0 Å². The normalized spacial score (nSPS) is 11.0. The van der Waals surface area contributed by atoms with Gasteiger partial charge in [-0.3, -0.25) is 0 Å². The van der Waals surface area contributed by atoms with Crippen LogP contribution in [0.3, 0.4) is 0 Å². The van der Waals surface area contributed by atoms with Crippen LogP contribution in [-0.4, -0.2) is 16.4 Å². The van der Waals surface area contributed by atoms with E-state index < -0.39 is 0 Å². The summed E-state index contributed by atoms with van der Waals surface area (Å²) < 4.78 is 7.79. The number of fused-ring (bicyclic) bond motifs is 1. The maximum atomic E-state index is 5.97. The maximum Gasteiger partial charge on any atom is 0.137 e. The number of rotatable bonds is 5. The first-order chi connectivity index (χ1) is 10.3. The van der Waals surface area contributed by atoms with Crippen LogP contribution in [0.4, 0.5) is 0 Å². The molecule has 3 rings (SSSR count). The Balaban J connectivity index is 1.77. The van der Waals surface area contributed by atoms with Crippen molar-refractivity contribution in [2.45, 2.75) is 13.2 Å². The fourth-order valence-electron chi connectivity index (χ4n) is 2.22. The molecule has 0 saturated heterocycles. The summed E-state index contributed by atoms with van der Waals surface area (Å²) in [4.78, 5) is 4.51. The van der Waals surface area contributed by atoms with E-state index in [9.17, 15) is 0 Å². The molecule has 5 heteroatoms. The quantitative estimate of drug-likeness (QED) is 0.786. The van der Waals surface area contributed by atoms with E-state index >= 15 is 0 Å². The fraction of sp³-hybridized carbons (Fsp3) is 0.188. The van der Waals surface area contributed by atoms with E-state index in [-0.39, 0.29) is 0 Å². The van der Waals surface area contributed by atoms with Crippen LogP contribution >= 0.6 is 11.6 Å². The predicted molar refractivity (Wildman–Crippen MR) is 83.7 cm³/mol. The summed E-state index contributed by atoms with van der Waals surface area (Å²) in [5.41, 5.74) is 2.87. The van der Waals surface area contributed by atoms with Crippen LogP contribution in [0.15, 0.2) is 48.8 Å². The zero-order valence-corrected chi connectivity index (χ0v) is 12.5. The monoisotopic (exact) mass is 301 g/mol. The molecule has 0 saturated carbocycles. The van der Waals surface area contributed by atoms with Crippen LogP contribution in [0.2, 0.25) is 5.02 Å². The number of nitrogens with zero attached hydrogens (tertiary/aromatic N) is 2. The van der Waals surface area contributed by atoms with Crippen LogP contribution in [0.1, 0.15) is 11.3 Å². The zero-order valence-electron chi connectivity index (χ0n) is 11.7. The first kappa shape index (κ1) is 13.9. The Labute approximate surface area is 128 Å². The van der Waals surface area contributed by atoms with Crippen LogP contribution < -0.4 is 10.1 Å². The highest BCUT2D eigenvalue weighted by Crippen LogP contribution is 2.19. The lowest BCUT2D eigenvalue weighted by Crippen LogP contribution is -2.07. The third-order valence-corrected chi connectivity index (χ3v) is 3.40. The van der Waals surface area contributed by atoms with Gasteiger partial charge < -0.3 is 14.5 Å². The second-order valence-corrected chi connectivity index (χ2v) is 5.21. The highest BCUT2D eigenvalue weighted by Gasteiger charge is 2.05. The van der Waals surface area contributed by atoms with Gasteiger partial charge in [-0.15, -0.1) is 0 Å². The van der Waals surface area contributed by atoms with Crippen LogP contribution in [-0.2, 0) is 13.2 Å². The van der Waals surface area contributed by atoms with Crippen LogP contribution in [0, 0.1) is 0 Å². The maximum absolute atomic E-state index is 5.97. The van der Waals surface area contributed by atoms with Crippen molar-refractivity contribution in [1.82, 2.24) is 14.7 Å². The number of ether oxygens (including phenoxy) is 1. The number of imidazole rings is 1. The molecule has 0 aliphatic carbocycles. The van der Waals surface area contributed by atoms with Gasteiger partial charge in [0.1, 0.15) is 18.0 Å². The highest BCUT2D eigenvalue weighted by molar-refractivity contribution is 6.30. The van der Waals surface area contributed by atoms with E-state index in [1.165, 1.54) is 0 Å². The van der Waals surface area contributed by atoms with Crippen molar-refractivity contribution >= 4 is 17.2 Å². The van der Waals surface area contributed by atoms with Gasteiger partial charge in [-0.2, -0.15) is 0 Å². The van der Waals surface area contributed by atoms with Gasteiger partial charge in [-0.25, -0.2) is 4.98 Å². The molecule has 0 spiro atoms. The van der Waals surface area contributed by atoms with E-state index in [4.69, 9.17) is 16.3 Å². The molecule has 0 unspecified atom stereocenters. The van der Waals surface area contributed by atoms with Crippen LogP contribution in [0.5, 0.6) is 5.75 Å². The number of nitrogens with one attached hydrogen (secondary N) is 1. The molecule has 0 bridgehead atoms. The molecule has 4 nitrogen and oxygen atoms in total. The number of hydrogen-bond acceptors (Lipinski definition) is 3. The zero-order chi connectivity index (χ0) is 14.7. The van der Waals surface area contributed by atoms with Crippen molar-refractivity contribution in [1.29, 1.82) is 0 Å². The van der Waals surface area contributed by atoms with Gasteiger partial charge in [-0.05, 0) is 25.2 Å². The Bertz CT molecular complexity index is 754. The van der Waals surface area contributed by atoms with Gasteiger partial charge >= 0.3 is 0 Å². The van der Waals surface area contributed by atoms with Gasteiger partial charge in [0.2, 0.25) is 0 Å². The summed E-state index contributed by atoms with van der Waals surface area (Å²) in [6, 6.07) is 11.7. The number of para-hydroxylation sites is 1. The minimum absolute atomic E-state index is 0.431. The van der Waals surface area contributed by atoms with Crippen molar-refractivity contribution in [3.8, 4) is 5.75 Å². The van der Waals surface area contributed by atoms with E-state index in [2.05, 4.69) is 16.4 Å². The Morgan fingerprint density at radius 2 is 2.05 bits per heavy atom. The molecule has 0 aliphatic heterocycles. The minimum Gasteiger partial charge on any atom is -0.487 e. The highest BCUT2D eigenvalue weighted by atomic mass is 35.5. The van der Waals surface area contributed by atoms with Gasteiger partial charge in [0.25, 0.3) is 0 Å². The average Bonchev–Trinajstić information content (AvgIpc) is 2.88. The number of pyridine rings is 1. The molecule has 0 aliphatic rings. The number of aromatic nitrogens is 2. The molecule has 0 fully saturated rings. The SMILES string of the molecule is CNCc1ccccc1OCc1cn2cc(Cl)ccc2n1. The molecule has 3 aromatic rings. The minimum atomic E-state index is 0.431. The van der Waals surface area contributed by atoms with Crippen molar-refractivity contribution < 1.29 is 4.74 Å². The molecule has 21 heavy (non-hydrogen) atoms. The van der Waals surface area contributed by atoms with E-state index in [0.717, 1.165) is 29.2 Å². The molecule has 2 heterocycles. The molecule has 1 N–H and O–H groups in total. The van der Waals surface area contributed by atoms with Crippen LogP contribution in [0.25, 0.3) is 5.65 Å². The van der Waals surface area contributed by atoms with Crippen molar-refractivity contribution in [3.05, 3.63) is 65.1 Å². The van der Waals surface area contributed by atoms with Gasteiger partial charge in [0.05, 0.1) is 10.7 Å². The lowest BCUT2D eigenvalue weighted by atomic mass is 10.2. The molecule has 0 amide bonds. The summed E-state index contributed by atoms with van der Waals surface area (Å²) >= 11 is 5.97. The van der Waals surface area contributed by atoms with E-state index in [1.807, 2.05) is 54.2 Å². The third kappa shape index (κ3) is 3.17. The summed E-state index contributed by atoms with van der Waals surface area (Å²) in [6.07, 6.45) is 3.77. The molecule has 0 atom stereocenters. The summed E-state index contributed by atoms with van der Waals surface area (Å²) in [5, 5.41) is 3.82. The summed E-state index contributed by atoms with van der Waals surface area (Å²) in [5.74, 6) is 0.877. The fourth-order valence-corrected chi connectivity index (χ4v) is 2.39. The molecular weight excluding hydrogens is 286 g/mol. The molecule has 2 aromatic heterocycles. The number of hydrogen-bond donors (Lipinski definition) is 1. The Morgan fingerprint density at radius 1 is 1.19 bits per heavy atom. The Hall–Kier alpha value is -2.04. The van der Waals surface area contributed by atoms with Gasteiger partial charge in [0, 0.05) is 24.5 Å².